The molecule has 2 aliphatic rings. The van der Waals surface area contributed by atoms with Crippen LogP contribution in [0.2, 0.25) is 0 Å². The maximum atomic E-state index is 12.0. The number of hydrogen-bond donors (Lipinski definition) is 1. The second-order valence-corrected chi connectivity index (χ2v) is 5.60. The largest absolute Gasteiger partial charge is 0.343 e. The number of nitrogens with zero attached hydrogens (tertiary/aromatic N) is 2. The highest BCUT2D eigenvalue weighted by molar-refractivity contribution is 5.76. The van der Waals surface area contributed by atoms with Crippen LogP contribution < -0.4 is 5.73 Å². The number of nitrogens with two attached hydrogens (primary N) is 1. The highest BCUT2D eigenvalue weighted by atomic mass is 16.2. The summed E-state index contributed by atoms with van der Waals surface area (Å²) in [6, 6.07) is 0.737. The molecule has 0 atom stereocenters. The lowest BCUT2D eigenvalue weighted by Crippen LogP contribution is -2.45. The van der Waals surface area contributed by atoms with Gasteiger partial charge in [0.1, 0.15) is 0 Å². The van der Waals surface area contributed by atoms with Gasteiger partial charge in [0.2, 0.25) is 5.91 Å². The summed E-state index contributed by atoms with van der Waals surface area (Å²) in [6.07, 6.45) is 7.66. The summed E-state index contributed by atoms with van der Waals surface area (Å²) >= 11 is 0. The van der Waals surface area contributed by atoms with Crippen molar-refractivity contribution in [2.45, 2.75) is 51.0 Å². The number of amides is 1. The maximum absolute atomic E-state index is 12.0. The van der Waals surface area contributed by atoms with Gasteiger partial charge in [-0.05, 0) is 58.2 Å². The topological polar surface area (TPSA) is 49.6 Å². The first-order chi connectivity index (χ1) is 8.81. The minimum Gasteiger partial charge on any atom is -0.343 e. The number of piperidine rings is 1. The Balaban J connectivity index is 1.67. The van der Waals surface area contributed by atoms with Crippen molar-refractivity contribution in [3.05, 3.63) is 0 Å². The Morgan fingerprint density at radius 1 is 1.06 bits per heavy atom. The van der Waals surface area contributed by atoms with Gasteiger partial charge in [0.25, 0.3) is 0 Å². The van der Waals surface area contributed by atoms with E-state index in [4.69, 9.17) is 5.73 Å². The summed E-state index contributed by atoms with van der Waals surface area (Å²) in [5.41, 5.74) is 5.45. The highest BCUT2D eigenvalue weighted by Crippen LogP contribution is 2.21. The highest BCUT2D eigenvalue weighted by Gasteiger charge is 2.27. The Bertz CT molecular complexity index is 256. The van der Waals surface area contributed by atoms with Crippen LogP contribution in [0.25, 0.3) is 0 Å². The summed E-state index contributed by atoms with van der Waals surface area (Å²) in [7, 11) is 0. The van der Waals surface area contributed by atoms with Crippen molar-refractivity contribution in [3.8, 4) is 0 Å². The van der Waals surface area contributed by atoms with Crippen LogP contribution in [0.1, 0.15) is 44.9 Å². The molecule has 0 radical (unpaired) electrons. The summed E-state index contributed by atoms with van der Waals surface area (Å²) in [5.74, 6) is 0.336. The van der Waals surface area contributed by atoms with E-state index in [0.717, 1.165) is 32.0 Å². The standard InChI is InChI=1S/C14H27N3O/c15-8-2-1-5-14(18)17-11-6-13(7-12-17)16-9-3-4-10-16/h13H,1-12,15H2. The molecule has 0 spiro atoms. The summed E-state index contributed by atoms with van der Waals surface area (Å²) in [4.78, 5) is 16.7. The molecule has 0 aromatic rings. The molecule has 0 aliphatic carbocycles. The molecule has 1 amide bonds. The van der Waals surface area contributed by atoms with E-state index >= 15 is 0 Å². The van der Waals surface area contributed by atoms with Gasteiger partial charge in [0.05, 0.1) is 0 Å². The van der Waals surface area contributed by atoms with Gasteiger partial charge in [0, 0.05) is 25.6 Å². The van der Waals surface area contributed by atoms with E-state index in [1.54, 1.807) is 0 Å². The molecule has 0 unspecified atom stereocenters. The fraction of sp³-hybridized carbons (Fsp3) is 0.929. The van der Waals surface area contributed by atoms with Crippen LogP contribution in [0.5, 0.6) is 0 Å². The first-order valence-electron chi connectivity index (χ1n) is 7.53. The summed E-state index contributed by atoms with van der Waals surface area (Å²) < 4.78 is 0. The molecule has 2 heterocycles. The van der Waals surface area contributed by atoms with E-state index in [1.165, 1.54) is 38.8 Å². The van der Waals surface area contributed by atoms with Crippen LogP contribution >= 0.6 is 0 Å². The summed E-state index contributed by atoms with van der Waals surface area (Å²) in [6.45, 7) is 5.17. The van der Waals surface area contributed by atoms with Crippen molar-refractivity contribution in [1.29, 1.82) is 0 Å². The number of hydrogen-bond acceptors (Lipinski definition) is 3. The predicted molar refractivity (Wildman–Crippen MR) is 73.3 cm³/mol. The van der Waals surface area contributed by atoms with Crippen LogP contribution in [0.15, 0.2) is 0 Å². The van der Waals surface area contributed by atoms with Crippen LogP contribution in [-0.4, -0.2) is 54.5 Å². The minimum atomic E-state index is 0.336. The summed E-state index contributed by atoms with van der Waals surface area (Å²) in [5, 5.41) is 0. The van der Waals surface area contributed by atoms with E-state index in [2.05, 4.69) is 9.80 Å². The fourth-order valence-electron chi connectivity index (χ4n) is 3.17. The number of carbonyl (C=O) groups excluding carboxylic acids is 1. The van der Waals surface area contributed by atoms with Crippen molar-refractivity contribution in [2.75, 3.05) is 32.7 Å². The third-order valence-corrected chi connectivity index (χ3v) is 4.32. The van der Waals surface area contributed by atoms with Crippen molar-refractivity contribution in [3.63, 3.8) is 0 Å². The SMILES string of the molecule is NCCCCC(=O)N1CCC(N2CCCC2)CC1. The van der Waals surface area contributed by atoms with E-state index in [-0.39, 0.29) is 0 Å². The molecule has 0 aromatic heterocycles. The Hall–Kier alpha value is -0.610. The molecule has 4 nitrogen and oxygen atoms in total. The number of unbranched alkanes of at least 4 members (excludes halogenated alkanes) is 1. The van der Waals surface area contributed by atoms with E-state index < -0.39 is 0 Å². The molecule has 4 heteroatoms. The normalized spacial score (nSPS) is 22.6. The third-order valence-electron chi connectivity index (χ3n) is 4.32. The quantitative estimate of drug-likeness (QED) is 0.749. The first-order valence-corrected chi connectivity index (χ1v) is 7.53. The monoisotopic (exact) mass is 253 g/mol. The van der Waals surface area contributed by atoms with Crippen molar-refractivity contribution >= 4 is 5.91 Å². The molecule has 2 aliphatic heterocycles. The smallest absolute Gasteiger partial charge is 0.222 e. The zero-order valence-electron chi connectivity index (χ0n) is 11.4. The van der Waals surface area contributed by atoms with E-state index in [9.17, 15) is 4.79 Å². The lowest BCUT2D eigenvalue weighted by Gasteiger charge is -2.36. The molecule has 104 valence electrons. The van der Waals surface area contributed by atoms with Gasteiger partial charge in [-0.25, -0.2) is 0 Å². The van der Waals surface area contributed by atoms with Gasteiger partial charge < -0.3 is 15.5 Å². The van der Waals surface area contributed by atoms with Gasteiger partial charge in [-0.2, -0.15) is 0 Å². The van der Waals surface area contributed by atoms with Crippen molar-refractivity contribution in [2.24, 2.45) is 5.73 Å². The molecule has 0 saturated carbocycles. The van der Waals surface area contributed by atoms with E-state index in [1.807, 2.05) is 0 Å². The molecular formula is C14H27N3O. The lowest BCUT2D eigenvalue weighted by molar-refractivity contribution is -0.132. The second kappa shape index (κ2) is 7.10. The number of carbonyl (C=O) groups is 1. The van der Waals surface area contributed by atoms with Gasteiger partial charge in [-0.15, -0.1) is 0 Å². The Morgan fingerprint density at radius 3 is 2.33 bits per heavy atom. The molecule has 18 heavy (non-hydrogen) atoms. The average Bonchev–Trinajstić information content (AvgIpc) is 2.93. The van der Waals surface area contributed by atoms with Gasteiger partial charge in [-0.3, -0.25) is 4.79 Å². The van der Waals surface area contributed by atoms with Crippen LogP contribution in [0.4, 0.5) is 0 Å². The van der Waals surface area contributed by atoms with Crippen LogP contribution in [-0.2, 0) is 4.79 Å². The second-order valence-electron chi connectivity index (χ2n) is 5.60. The number of likely N-dealkylation sites (tertiary alicyclic amines) is 2. The van der Waals surface area contributed by atoms with Crippen LogP contribution in [0.3, 0.4) is 0 Å². The molecule has 0 aromatic carbocycles. The zero-order chi connectivity index (χ0) is 12.8. The minimum absolute atomic E-state index is 0.336. The predicted octanol–water partition coefficient (Wildman–Crippen LogP) is 1.20. The Kier molecular flexibility index (Phi) is 5.45. The Morgan fingerprint density at radius 2 is 1.72 bits per heavy atom. The van der Waals surface area contributed by atoms with Crippen molar-refractivity contribution < 1.29 is 4.79 Å². The molecule has 2 rings (SSSR count). The zero-order valence-corrected chi connectivity index (χ0v) is 11.4. The Labute approximate surface area is 110 Å². The third kappa shape index (κ3) is 3.69. The van der Waals surface area contributed by atoms with E-state index in [0.29, 0.717) is 18.9 Å². The molecule has 2 N–H and O–H groups in total. The van der Waals surface area contributed by atoms with Crippen molar-refractivity contribution in [1.82, 2.24) is 9.80 Å². The first kappa shape index (κ1) is 13.8. The van der Waals surface area contributed by atoms with Crippen LogP contribution in [0, 0.1) is 0 Å². The fourth-order valence-corrected chi connectivity index (χ4v) is 3.17. The molecular weight excluding hydrogens is 226 g/mol. The maximum Gasteiger partial charge on any atom is 0.222 e. The molecule has 0 bridgehead atoms. The number of rotatable bonds is 5. The van der Waals surface area contributed by atoms with Gasteiger partial charge in [0.15, 0.2) is 0 Å². The lowest BCUT2D eigenvalue weighted by atomic mass is 10.0. The van der Waals surface area contributed by atoms with Gasteiger partial charge >= 0.3 is 0 Å². The molecule has 2 saturated heterocycles. The average molecular weight is 253 g/mol. The van der Waals surface area contributed by atoms with Gasteiger partial charge in [-0.1, -0.05) is 0 Å². The molecule has 2 fully saturated rings.